The van der Waals surface area contributed by atoms with Gasteiger partial charge in [-0.3, -0.25) is 14.6 Å². The number of aryl methyl sites for hydroxylation is 2. The summed E-state index contributed by atoms with van der Waals surface area (Å²) in [5, 5.41) is 11.8. The molecule has 0 unspecified atom stereocenters. The molecule has 0 saturated heterocycles. The van der Waals surface area contributed by atoms with Crippen molar-refractivity contribution < 1.29 is 9.90 Å². The number of nitrogens with zero attached hydrogens (tertiary/aromatic N) is 2. The Kier molecular flexibility index (Phi) is 4.32. The molecule has 0 amide bonds. The van der Waals surface area contributed by atoms with E-state index >= 15 is 0 Å². The van der Waals surface area contributed by atoms with Crippen molar-refractivity contribution in [2.45, 2.75) is 26.7 Å². The second-order valence-corrected chi connectivity index (χ2v) is 4.53. The number of nitrogens with one attached hydrogen (secondary N) is 2. The van der Waals surface area contributed by atoms with Gasteiger partial charge in [0.15, 0.2) is 5.82 Å². The van der Waals surface area contributed by atoms with E-state index in [-0.39, 0.29) is 12.2 Å². The van der Waals surface area contributed by atoms with E-state index in [1.54, 1.807) is 25.3 Å². The highest BCUT2D eigenvalue weighted by molar-refractivity contribution is 5.70. The number of aliphatic carboxylic acids is 1. The summed E-state index contributed by atoms with van der Waals surface area (Å²) >= 11 is 0. The van der Waals surface area contributed by atoms with Gasteiger partial charge in [0.05, 0.1) is 23.5 Å². The summed E-state index contributed by atoms with van der Waals surface area (Å²) < 4.78 is 0. The molecule has 0 bridgehead atoms. The second-order valence-electron chi connectivity index (χ2n) is 4.53. The molecule has 0 spiro atoms. The van der Waals surface area contributed by atoms with E-state index < -0.39 is 11.5 Å². The highest BCUT2D eigenvalue weighted by Gasteiger charge is 2.12. The summed E-state index contributed by atoms with van der Waals surface area (Å²) in [5.41, 5.74) is 1.87. The molecule has 7 nitrogen and oxygen atoms in total. The summed E-state index contributed by atoms with van der Waals surface area (Å²) in [6, 6.07) is 3.55. The highest BCUT2D eigenvalue weighted by atomic mass is 16.4. The molecule has 0 aliphatic carbocycles. The van der Waals surface area contributed by atoms with E-state index in [9.17, 15) is 9.59 Å². The lowest BCUT2D eigenvalue weighted by Gasteiger charge is -2.10. The number of pyridine rings is 1. The molecule has 2 rings (SSSR count). The van der Waals surface area contributed by atoms with Crippen LogP contribution in [0.2, 0.25) is 0 Å². The minimum absolute atomic E-state index is 0.0690. The van der Waals surface area contributed by atoms with Crippen molar-refractivity contribution >= 4 is 17.5 Å². The van der Waals surface area contributed by atoms with Crippen molar-refractivity contribution in [3.05, 3.63) is 45.8 Å². The number of anilines is 2. The molecule has 110 valence electrons. The van der Waals surface area contributed by atoms with E-state index in [2.05, 4.69) is 20.3 Å². The molecular weight excluding hydrogens is 272 g/mol. The van der Waals surface area contributed by atoms with E-state index in [4.69, 9.17) is 5.11 Å². The number of carbonyl (C=O) groups is 1. The lowest BCUT2D eigenvalue weighted by atomic mass is 10.2. The van der Waals surface area contributed by atoms with Crippen molar-refractivity contribution in [2.75, 3.05) is 5.32 Å². The van der Waals surface area contributed by atoms with Gasteiger partial charge in [0.1, 0.15) is 0 Å². The van der Waals surface area contributed by atoms with Crippen molar-refractivity contribution in [3.8, 4) is 0 Å². The molecule has 2 heterocycles. The van der Waals surface area contributed by atoms with Crippen LogP contribution in [-0.4, -0.2) is 26.0 Å². The van der Waals surface area contributed by atoms with Gasteiger partial charge >= 0.3 is 5.97 Å². The molecule has 3 N–H and O–H groups in total. The van der Waals surface area contributed by atoms with Crippen LogP contribution >= 0.6 is 0 Å². The summed E-state index contributed by atoms with van der Waals surface area (Å²) in [6.07, 6.45) is 2.13. The van der Waals surface area contributed by atoms with E-state index in [0.717, 1.165) is 5.69 Å². The van der Waals surface area contributed by atoms with Crippen molar-refractivity contribution in [1.29, 1.82) is 0 Å². The van der Waals surface area contributed by atoms with Crippen molar-refractivity contribution in [3.63, 3.8) is 0 Å². The van der Waals surface area contributed by atoms with Gasteiger partial charge in [-0.2, -0.15) is 0 Å². The number of aromatic amines is 1. The second kappa shape index (κ2) is 6.17. The van der Waals surface area contributed by atoms with Crippen LogP contribution in [0, 0.1) is 6.92 Å². The number of H-pyrrole nitrogens is 1. The zero-order valence-electron chi connectivity index (χ0n) is 11.8. The number of carboxylic acids is 1. The number of carboxylic acid groups (broad SMARTS) is 1. The molecule has 0 aliphatic rings. The van der Waals surface area contributed by atoms with Crippen molar-refractivity contribution in [2.24, 2.45) is 0 Å². The standard InChI is InChI=1S/C14H16N4O3/c1-3-9-10(5-4-6-15-9)17-13-14(21)16-8(2)11(18-13)7-12(19)20/h4-6H,3,7H2,1-2H3,(H,16,21)(H,17,18)(H,19,20). The predicted molar refractivity (Wildman–Crippen MR) is 77.8 cm³/mol. The summed E-state index contributed by atoms with van der Waals surface area (Å²) in [4.78, 5) is 33.7. The Morgan fingerprint density at radius 2 is 2.19 bits per heavy atom. The van der Waals surface area contributed by atoms with Crippen LogP contribution in [-0.2, 0) is 17.6 Å². The van der Waals surface area contributed by atoms with E-state index in [0.29, 0.717) is 23.5 Å². The largest absolute Gasteiger partial charge is 0.481 e. The molecule has 0 fully saturated rings. The zero-order chi connectivity index (χ0) is 15.4. The number of rotatable bonds is 5. The fraction of sp³-hybridized carbons (Fsp3) is 0.286. The van der Waals surface area contributed by atoms with Gasteiger partial charge in [-0.1, -0.05) is 6.92 Å². The topological polar surface area (TPSA) is 108 Å². The fourth-order valence-corrected chi connectivity index (χ4v) is 1.93. The maximum atomic E-state index is 11.9. The average molecular weight is 288 g/mol. The monoisotopic (exact) mass is 288 g/mol. The van der Waals surface area contributed by atoms with Crippen LogP contribution in [0.15, 0.2) is 23.1 Å². The Hall–Kier alpha value is -2.70. The first-order valence-corrected chi connectivity index (χ1v) is 6.53. The molecule has 2 aromatic heterocycles. The molecular formula is C14H16N4O3. The van der Waals surface area contributed by atoms with Gasteiger partial charge in [-0.25, -0.2) is 4.98 Å². The molecule has 2 aromatic rings. The van der Waals surface area contributed by atoms with Crippen molar-refractivity contribution in [1.82, 2.24) is 15.0 Å². The van der Waals surface area contributed by atoms with Crippen LogP contribution < -0.4 is 10.9 Å². The molecule has 0 aromatic carbocycles. The minimum Gasteiger partial charge on any atom is -0.481 e. The Labute approximate surface area is 121 Å². The first-order chi connectivity index (χ1) is 10.0. The Morgan fingerprint density at radius 3 is 2.86 bits per heavy atom. The smallest absolute Gasteiger partial charge is 0.309 e. The average Bonchev–Trinajstić information content (AvgIpc) is 2.44. The summed E-state index contributed by atoms with van der Waals surface area (Å²) in [7, 11) is 0. The number of hydrogen-bond acceptors (Lipinski definition) is 5. The first kappa shape index (κ1) is 14.7. The highest BCUT2D eigenvalue weighted by Crippen LogP contribution is 2.16. The zero-order valence-corrected chi connectivity index (χ0v) is 11.8. The summed E-state index contributed by atoms with van der Waals surface area (Å²) in [5.74, 6) is -0.932. The third-order valence-electron chi connectivity index (χ3n) is 2.99. The predicted octanol–water partition coefficient (Wildman–Crippen LogP) is 1.41. The first-order valence-electron chi connectivity index (χ1n) is 6.53. The lowest BCUT2D eigenvalue weighted by molar-refractivity contribution is -0.136. The van der Waals surface area contributed by atoms with Crippen LogP contribution in [0.4, 0.5) is 11.5 Å². The van der Waals surface area contributed by atoms with Crippen LogP contribution in [0.1, 0.15) is 24.0 Å². The van der Waals surface area contributed by atoms with E-state index in [1.165, 1.54) is 0 Å². The molecule has 21 heavy (non-hydrogen) atoms. The molecule has 0 aliphatic heterocycles. The van der Waals surface area contributed by atoms with Crippen LogP contribution in [0.5, 0.6) is 0 Å². The lowest BCUT2D eigenvalue weighted by Crippen LogP contribution is -2.19. The third kappa shape index (κ3) is 3.44. The minimum atomic E-state index is -1.00. The van der Waals surface area contributed by atoms with Gasteiger partial charge in [0, 0.05) is 11.9 Å². The molecule has 0 saturated carbocycles. The van der Waals surface area contributed by atoms with Gasteiger partial charge in [0.25, 0.3) is 5.56 Å². The third-order valence-corrected chi connectivity index (χ3v) is 2.99. The quantitative estimate of drug-likeness (QED) is 0.767. The number of aromatic nitrogens is 3. The maximum absolute atomic E-state index is 11.9. The molecule has 0 radical (unpaired) electrons. The molecule has 0 atom stereocenters. The molecule has 7 heteroatoms. The van der Waals surface area contributed by atoms with Crippen LogP contribution in [0.25, 0.3) is 0 Å². The number of hydrogen-bond donors (Lipinski definition) is 3. The van der Waals surface area contributed by atoms with Gasteiger partial charge in [-0.15, -0.1) is 0 Å². The normalized spacial score (nSPS) is 10.4. The SMILES string of the molecule is CCc1ncccc1Nc1nc(CC(=O)O)c(C)[nH]c1=O. The van der Waals surface area contributed by atoms with Gasteiger partial charge < -0.3 is 15.4 Å². The summed E-state index contributed by atoms with van der Waals surface area (Å²) in [6.45, 7) is 3.58. The Balaban J connectivity index is 2.40. The van der Waals surface area contributed by atoms with Crippen LogP contribution in [0.3, 0.4) is 0 Å². The van der Waals surface area contributed by atoms with Gasteiger partial charge in [0.2, 0.25) is 0 Å². The Bertz CT molecular complexity index is 724. The fourth-order valence-electron chi connectivity index (χ4n) is 1.93. The maximum Gasteiger partial charge on any atom is 0.309 e. The van der Waals surface area contributed by atoms with E-state index in [1.807, 2.05) is 6.92 Å². The Morgan fingerprint density at radius 1 is 1.43 bits per heavy atom. The van der Waals surface area contributed by atoms with Gasteiger partial charge in [-0.05, 0) is 25.5 Å².